The van der Waals surface area contributed by atoms with E-state index in [0.29, 0.717) is 24.6 Å². The molecule has 5 heteroatoms. The standard InChI is InChI=1S/C16H19ClN2O2/c1-11-3-5-16(14(19-11)7-8-18)21-10-12-9-13(17)4-6-15(12)20-2/h3-6,9H,7-8,10,18H2,1-2H3. The zero-order valence-corrected chi connectivity index (χ0v) is 13.0. The average Bonchev–Trinajstić information content (AvgIpc) is 2.47. The van der Waals surface area contributed by atoms with Crippen LogP contribution in [0.25, 0.3) is 0 Å². The van der Waals surface area contributed by atoms with Crippen molar-refractivity contribution in [2.24, 2.45) is 5.73 Å². The molecule has 2 aromatic rings. The fourth-order valence-corrected chi connectivity index (χ4v) is 2.26. The smallest absolute Gasteiger partial charge is 0.141 e. The minimum atomic E-state index is 0.367. The van der Waals surface area contributed by atoms with E-state index < -0.39 is 0 Å². The van der Waals surface area contributed by atoms with Gasteiger partial charge in [0.2, 0.25) is 0 Å². The molecule has 0 saturated heterocycles. The minimum absolute atomic E-state index is 0.367. The largest absolute Gasteiger partial charge is 0.496 e. The lowest BCUT2D eigenvalue weighted by Gasteiger charge is -2.13. The molecule has 112 valence electrons. The van der Waals surface area contributed by atoms with Gasteiger partial charge in [0.25, 0.3) is 0 Å². The third-order valence-electron chi connectivity index (χ3n) is 3.08. The van der Waals surface area contributed by atoms with Gasteiger partial charge in [-0.3, -0.25) is 4.98 Å². The summed E-state index contributed by atoms with van der Waals surface area (Å²) >= 11 is 6.02. The van der Waals surface area contributed by atoms with Crippen molar-refractivity contribution in [2.45, 2.75) is 20.0 Å². The van der Waals surface area contributed by atoms with E-state index in [1.807, 2.05) is 31.2 Å². The van der Waals surface area contributed by atoms with E-state index in [9.17, 15) is 0 Å². The van der Waals surface area contributed by atoms with Crippen molar-refractivity contribution in [2.75, 3.05) is 13.7 Å². The number of nitrogens with zero attached hydrogens (tertiary/aromatic N) is 1. The molecular weight excluding hydrogens is 288 g/mol. The highest BCUT2D eigenvalue weighted by molar-refractivity contribution is 6.30. The number of ether oxygens (including phenoxy) is 2. The lowest BCUT2D eigenvalue weighted by Crippen LogP contribution is -2.08. The van der Waals surface area contributed by atoms with Crippen molar-refractivity contribution >= 4 is 11.6 Å². The summed E-state index contributed by atoms with van der Waals surface area (Å²) in [4.78, 5) is 4.47. The maximum atomic E-state index is 6.02. The maximum Gasteiger partial charge on any atom is 0.141 e. The second kappa shape index (κ2) is 7.29. The summed E-state index contributed by atoms with van der Waals surface area (Å²) in [6, 6.07) is 9.30. The van der Waals surface area contributed by atoms with Crippen LogP contribution in [0.4, 0.5) is 0 Å². The van der Waals surface area contributed by atoms with Gasteiger partial charge >= 0.3 is 0 Å². The fourth-order valence-electron chi connectivity index (χ4n) is 2.06. The van der Waals surface area contributed by atoms with Crippen molar-refractivity contribution < 1.29 is 9.47 Å². The number of halogens is 1. The van der Waals surface area contributed by atoms with Crippen LogP contribution >= 0.6 is 11.6 Å². The third kappa shape index (κ3) is 4.09. The number of methoxy groups -OCH3 is 1. The number of hydrogen-bond donors (Lipinski definition) is 1. The van der Waals surface area contributed by atoms with E-state index in [1.54, 1.807) is 13.2 Å². The molecular formula is C16H19ClN2O2. The third-order valence-corrected chi connectivity index (χ3v) is 3.31. The Hall–Kier alpha value is -1.78. The molecule has 0 spiro atoms. The molecule has 1 heterocycles. The summed E-state index contributed by atoms with van der Waals surface area (Å²) in [5.74, 6) is 1.49. The summed E-state index contributed by atoms with van der Waals surface area (Å²) < 4.78 is 11.2. The van der Waals surface area contributed by atoms with Gasteiger partial charge in [-0.1, -0.05) is 11.6 Å². The van der Waals surface area contributed by atoms with Crippen LogP contribution in [0.2, 0.25) is 5.02 Å². The SMILES string of the molecule is COc1ccc(Cl)cc1COc1ccc(C)nc1CCN. The molecule has 0 bridgehead atoms. The number of pyridine rings is 1. The molecule has 0 aliphatic heterocycles. The Balaban J connectivity index is 2.18. The predicted molar refractivity (Wildman–Crippen MR) is 84.1 cm³/mol. The molecule has 0 aliphatic rings. The van der Waals surface area contributed by atoms with Crippen LogP contribution in [0.3, 0.4) is 0 Å². The highest BCUT2D eigenvalue weighted by Gasteiger charge is 2.09. The van der Waals surface area contributed by atoms with Crippen LogP contribution in [-0.2, 0) is 13.0 Å². The van der Waals surface area contributed by atoms with Gasteiger partial charge in [0.05, 0.1) is 12.8 Å². The summed E-state index contributed by atoms with van der Waals surface area (Å²) in [6.45, 7) is 2.85. The van der Waals surface area contributed by atoms with Gasteiger partial charge in [-0.15, -0.1) is 0 Å². The molecule has 0 radical (unpaired) electrons. The van der Waals surface area contributed by atoms with Gasteiger partial charge in [0.1, 0.15) is 18.1 Å². The molecule has 21 heavy (non-hydrogen) atoms. The average molecular weight is 307 g/mol. The number of rotatable bonds is 6. The van der Waals surface area contributed by atoms with E-state index in [4.69, 9.17) is 26.8 Å². The highest BCUT2D eigenvalue weighted by Crippen LogP contribution is 2.25. The quantitative estimate of drug-likeness (QED) is 0.891. The zero-order chi connectivity index (χ0) is 15.2. The Labute approximate surface area is 129 Å². The number of benzene rings is 1. The summed E-state index contributed by atoms with van der Waals surface area (Å²) in [7, 11) is 1.63. The van der Waals surface area contributed by atoms with Crippen LogP contribution in [0.15, 0.2) is 30.3 Å². The molecule has 4 nitrogen and oxygen atoms in total. The Kier molecular flexibility index (Phi) is 5.42. The van der Waals surface area contributed by atoms with E-state index in [0.717, 1.165) is 28.5 Å². The first-order valence-corrected chi connectivity index (χ1v) is 7.13. The van der Waals surface area contributed by atoms with Crippen LogP contribution in [-0.4, -0.2) is 18.6 Å². The Morgan fingerprint density at radius 1 is 1.19 bits per heavy atom. The molecule has 0 unspecified atom stereocenters. The van der Waals surface area contributed by atoms with E-state index in [2.05, 4.69) is 4.98 Å². The van der Waals surface area contributed by atoms with E-state index in [-0.39, 0.29) is 0 Å². The van der Waals surface area contributed by atoms with Gasteiger partial charge in [0, 0.05) is 22.7 Å². The molecule has 0 saturated carbocycles. The molecule has 0 amide bonds. The maximum absolute atomic E-state index is 6.02. The van der Waals surface area contributed by atoms with Gasteiger partial charge in [-0.25, -0.2) is 0 Å². The van der Waals surface area contributed by atoms with Gasteiger partial charge in [-0.05, 0) is 43.8 Å². The number of nitrogens with two attached hydrogens (primary N) is 1. The Morgan fingerprint density at radius 3 is 2.67 bits per heavy atom. The first-order chi connectivity index (χ1) is 10.1. The second-order valence-electron chi connectivity index (χ2n) is 4.68. The first-order valence-electron chi connectivity index (χ1n) is 6.76. The van der Waals surface area contributed by atoms with Crippen LogP contribution < -0.4 is 15.2 Å². The first kappa shape index (κ1) is 15.6. The van der Waals surface area contributed by atoms with Crippen LogP contribution in [0.5, 0.6) is 11.5 Å². The van der Waals surface area contributed by atoms with Crippen LogP contribution in [0.1, 0.15) is 17.0 Å². The molecule has 1 aromatic carbocycles. The van der Waals surface area contributed by atoms with E-state index in [1.165, 1.54) is 0 Å². The van der Waals surface area contributed by atoms with Crippen molar-refractivity contribution in [1.29, 1.82) is 0 Å². The minimum Gasteiger partial charge on any atom is -0.496 e. The van der Waals surface area contributed by atoms with E-state index >= 15 is 0 Å². The number of hydrogen-bond acceptors (Lipinski definition) is 4. The molecule has 2 rings (SSSR count). The second-order valence-corrected chi connectivity index (χ2v) is 5.12. The summed E-state index contributed by atoms with van der Waals surface area (Å²) in [5.41, 5.74) is 8.34. The lowest BCUT2D eigenvalue weighted by atomic mass is 10.2. The lowest BCUT2D eigenvalue weighted by molar-refractivity contribution is 0.292. The normalized spacial score (nSPS) is 10.5. The van der Waals surface area contributed by atoms with Gasteiger partial charge < -0.3 is 15.2 Å². The van der Waals surface area contributed by atoms with Crippen LogP contribution in [0, 0.1) is 6.92 Å². The predicted octanol–water partition coefficient (Wildman–Crippen LogP) is 3.13. The Morgan fingerprint density at radius 2 is 1.95 bits per heavy atom. The topological polar surface area (TPSA) is 57.4 Å². The fraction of sp³-hybridized carbons (Fsp3) is 0.312. The van der Waals surface area contributed by atoms with Crippen molar-refractivity contribution in [3.05, 3.63) is 52.3 Å². The highest BCUT2D eigenvalue weighted by atomic mass is 35.5. The Bertz CT molecular complexity index is 617. The monoisotopic (exact) mass is 306 g/mol. The summed E-state index contributed by atoms with van der Waals surface area (Å²) in [5, 5.41) is 0.651. The molecule has 0 fully saturated rings. The molecule has 0 aliphatic carbocycles. The van der Waals surface area contributed by atoms with Crippen molar-refractivity contribution in [3.63, 3.8) is 0 Å². The van der Waals surface area contributed by atoms with Crippen molar-refractivity contribution in [3.8, 4) is 11.5 Å². The molecule has 2 N–H and O–H groups in total. The number of aromatic nitrogens is 1. The van der Waals surface area contributed by atoms with Crippen molar-refractivity contribution in [1.82, 2.24) is 4.98 Å². The number of aryl methyl sites for hydroxylation is 1. The van der Waals surface area contributed by atoms with Gasteiger partial charge in [0.15, 0.2) is 0 Å². The molecule has 1 aromatic heterocycles. The summed E-state index contributed by atoms with van der Waals surface area (Å²) in [6.07, 6.45) is 0.684. The molecule has 0 atom stereocenters. The zero-order valence-electron chi connectivity index (χ0n) is 12.2. The van der Waals surface area contributed by atoms with Gasteiger partial charge in [-0.2, -0.15) is 0 Å².